The number of aliphatic hydroxyl groups is 1. The number of aromatic nitrogens is 3. The first kappa shape index (κ1) is 38.4. The quantitative estimate of drug-likeness (QED) is 0.202. The topological polar surface area (TPSA) is 119 Å². The molecule has 4 aliphatic carbocycles. The summed E-state index contributed by atoms with van der Waals surface area (Å²) >= 11 is 0. The average Bonchev–Trinajstić information content (AvgIpc) is 3.70. The summed E-state index contributed by atoms with van der Waals surface area (Å²) in [6.07, 6.45) is 18.7. The maximum absolute atomic E-state index is 14.0. The predicted molar refractivity (Wildman–Crippen MR) is 211 cm³/mol. The Morgan fingerprint density at radius 1 is 0.981 bits per heavy atom. The van der Waals surface area contributed by atoms with E-state index in [1.165, 1.54) is 11.1 Å². The molecule has 0 unspecified atom stereocenters. The van der Waals surface area contributed by atoms with Crippen LogP contribution in [0.15, 0.2) is 42.9 Å². The number of hydrogen-bond acceptors (Lipinski definition) is 7. The van der Waals surface area contributed by atoms with Gasteiger partial charge in [0.2, 0.25) is 5.91 Å². The first-order valence-electron chi connectivity index (χ1n) is 20.6. The van der Waals surface area contributed by atoms with Crippen molar-refractivity contribution in [2.75, 3.05) is 25.5 Å². The van der Waals surface area contributed by atoms with Crippen LogP contribution >= 0.6 is 0 Å². The first-order valence-corrected chi connectivity index (χ1v) is 20.6. The summed E-state index contributed by atoms with van der Waals surface area (Å²) in [6.45, 7) is 9.88. The van der Waals surface area contributed by atoms with E-state index in [1.807, 2.05) is 12.4 Å². The molecule has 2 aromatic heterocycles. The van der Waals surface area contributed by atoms with Crippen molar-refractivity contribution >= 4 is 17.8 Å². The molecule has 1 aliphatic heterocycles. The Labute approximate surface area is 321 Å². The zero-order valence-electron chi connectivity index (χ0n) is 33.2. The highest BCUT2D eigenvalue weighted by molar-refractivity contribution is 5.93. The van der Waals surface area contributed by atoms with Gasteiger partial charge in [0.15, 0.2) is 0 Å². The second-order valence-corrected chi connectivity index (χ2v) is 17.3. The van der Waals surface area contributed by atoms with Gasteiger partial charge < -0.3 is 24.8 Å². The van der Waals surface area contributed by atoms with Crippen LogP contribution in [0.4, 0.5) is 10.6 Å². The van der Waals surface area contributed by atoms with Gasteiger partial charge in [-0.25, -0.2) is 9.78 Å². The van der Waals surface area contributed by atoms with Crippen molar-refractivity contribution < 1.29 is 24.2 Å². The number of anilines is 1. The highest BCUT2D eigenvalue weighted by atomic mass is 16.6. The van der Waals surface area contributed by atoms with E-state index in [1.54, 1.807) is 12.0 Å². The minimum atomic E-state index is -0.340. The van der Waals surface area contributed by atoms with Crippen LogP contribution in [-0.2, 0) is 26.9 Å². The van der Waals surface area contributed by atoms with Crippen molar-refractivity contribution in [3.8, 4) is 16.9 Å². The number of nitrogens with zero attached hydrogens (tertiary/aromatic N) is 4. The summed E-state index contributed by atoms with van der Waals surface area (Å²) in [5, 5.41) is 18.0. The molecule has 3 aromatic rings. The van der Waals surface area contributed by atoms with Crippen LogP contribution in [0.5, 0.6) is 5.75 Å². The van der Waals surface area contributed by atoms with E-state index in [0.717, 1.165) is 80.2 Å². The zero-order valence-corrected chi connectivity index (χ0v) is 33.2. The highest BCUT2D eigenvalue weighted by Crippen LogP contribution is 2.59. The third-order valence-electron chi connectivity index (χ3n) is 14.3. The molecular weight excluding hydrogens is 679 g/mol. The third-order valence-corrected chi connectivity index (χ3v) is 14.3. The monoisotopic (exact) mass is 739 g/mol. The molecule has 0 spiro atoms. The number of carbonyl (C=O) groups is 2. The Kier molecular flexibility index (Phi) is 11.1. The smallest absolute Gasteiger partial charge is 0.410 e. The van der Waals surface area contributed by atoms with E-state index in [2.05, 4.69) is 68.2 Å². The maximum atomic E-state index is 14.0. The molecule has 3 heterocycles. The fourth-order valence-corrected chi connectivity index (χ4v) is 9.85. The highest BCUT2D eigenvalue weighted by Gasteiger charge is 2.50. The van der Waals surface area contributed by atoms with Crippen molar-refractivity contribution in [1.29, 1.82) is 0 Å². The van der Waals surface area contributed by atoms with Gasteiger partial charge in [-0.15, -0.1) is 0 Å². The van der Waals surface area contributed by atoms with E-state index in [0.29, 0.717) is 57.4 Å². The van der Waals surface area contributed by atoms with Gasteiger partial charge in [0.05, 0.1) is 24.9 Å². The molecule has 292 valence electrons. The van der Waals surface area contributed by atoms with E-state index in [-0.39, 0.29) is 46.5 Å². The standard InChI is InChI=1S/C44H61N5O5/c1-6-42(4,7-2)49-29-32(28-46-49)36-14-23-45-39(47-40(51)31-8-11-35(12-9-31)54-41(52)48-24-15-34(50)16-25-48)37(36)27-43-17-20-44(21-18-43,22-19-43)33-10-13-38(53-5)30(3)26-33/h10,13-14,23,26,28-29,31,34-35,50H,6-9,11-12,15-22,24-25,27H2,1-5H3,(H,45,47,51). The molecule has 0 radical (unpaired) electrons. The number of amides is 2. The summed E-state index contributed by atoms with van der Waals surface area (Å²) in [7, 11) is 1.74. The van der Waals surface area contributed by atoms with Crippen molar-refractivity contribution in [3.05, 3.63) is 59.5 Å². The van der Waals surface area contributed by atoms with Crippen molar-refractivity contribution in [2.24, 2.45) is 11.3 Å². The molecule has 2 amide bonds. The summed E-state index contributed by atoms with van der Waals surface area (Å²) in [5.74, 6) is 1.44. The van der Waals surface area contributed by atoms with Crippen LogP contribution in [0.1, 0.15) is 127 Å². The number of carbonyl (C=O) groups excluding carboxylic acids is 2. The van der Waals surface area contributed by atoms with E-state index < -0.39 is 0 Å². The van der Waals surface area contributed by atoms with E-state index in [9.17, 15) is 14.7 Å². The molecule has 10 nitrogen and oxygen atoms in total. The molecule has 1 aromatic carbocycles. The van der Waals surface area contributed by atoms with Crippen LogP contribution in [0.25, 0.3) is 11.1 Å². The van der Waals surface area contributed by atoms with Crippen LogP contribution in [0, 0.1) is 18.3 Å². The summed E-state index contributed by atoms with van der Waals surface area (Å²) in [5.41, 5.74) is 6.21. The number of rotatable bonds is 11. The van der Waals surface area contributed by atoms with Gasteiger partial charge in [-0.05, 0) is 150 Å². The Hall–Kier alpha value is -3.92. The lowest BCUT2D eigenvalue weighted by atomic mass is 9.50. The lowest BCUT2D eigenvalue weighted by Gasteiger charge is -2.54. The molecular formula is C44H61N5O5. The number of aryl methyl sites for hydroxylation is 1. The number of fused-ring (bicyclic) bond motifs is 3. The van der Waals surface area contributed by atoms with Gasteiger partial charge in [-0.2, -0.15) is 5.10 Å². The normalized spacial score (nSPS) is 26.1. The number of nitrogens with one attached hydrogen (secondary N) is 1. The molecule has 4 saturated carbocycles. The number of pyridine rings is 1. The fraction of sp³-hybridized carbons (Fsp3) is 0.636. The minimum Gasteiger partial charge on any atom is -0.496 e. The van der Waals surface area contributed by atoms with Crippen LogP contribution in [-0.4, -0.2) is 69.2 Å². The van der Waals surface area contributed by atoms with Gasteiger partial charge >= 0.3 is 6.09 Å². The Morgan fingerprint density at radius 2 is 1.67 bits per heavy atom. The summed E-state index contributed by atoms with van der Waals surface area (Å²) < 4.78 is 13.5. The number of methoxy groups -OCH3 is 1. The molecule has 8 rings (SSSR count). The predicted octanol–water partition coefficient (Wildman–Crippen LogP) is 8.72. The molecule has 2 bridgehead atoms. The van der Waals surface area contributed by atoms with Crippen molar-refractivity contribution in [3.63, 3.8) is 0 Å². The molecule has 1 saturated heterocycles. The SMILES string of the molecule is CCC(C)(CC)n1cc(-c2ccnc(NC(=O)C3CCC(OC(=O)N4CCC(O)CC4)CC3)c2CC23CCC(c4ccc(OC)c(C)c4)(CC2)CC3)cn1. The summed E-state index contributed by atoms with van der Waals surface area (Å²) in [4.78, 5) is 33.3. The molecule has 0 atom stereocenters. The number of piperidine rings is 1. The van der Waals surface area contributed by atoms with Crippen molar-refractivity contribution in [1.82, 2.24) is 19.7 Å². The minimum absolute atomic E-state index is 0.00499. The Bertz CT molecular complexity index is 1780. The molecule has 54 heavy (non-hydrogen) atoms. The number of ether oxygens (including phenoxy) is 2. The molecule has 10 heteroatoms. The zero-order chi connectivity index (χ0) is 38.1. The maximum Gasteiger partial charge on any atom is 0.410 e. The second kappa shape index (κ2) is 15.7. The molecule has 2 N–H and O–H groups in total. The van der Waals surface area contributed by atoms with Crippen LogP contribution in [0.3, 0.4) is 0 Å². The number of hydrogen-bond donors (Lipinski definition) is 2. The van der Waals surface area contributed by atoms with Crippen LogP contribution in [0.2, 0.25) is 0 Å². The number of aliphatic hydroxyl groups excluding tert-OH is 1. The van der Waals surface area contributed by atoms with Gasteiger partial charge in [0.25, 0.3) is 0 Å². The average molecular weight is 740 g/mol. The lowest BCUT2D eigenvalue weighted by Crippen LogP contribution is -2.45. The first-order chi connectivity index (χ1) is 26.0. The third kappa shape index (κ3) is 7.64. The fourth-order valence-electron chi connectivity index (χ4n) is 9.85. The van der Waals surface area contributed by atoms with Crippen molar-refractivity contribution in [2.45, 2.75) is 147 Å². The summed E-state index contributed by atoms with van der Waals surface area (Å²) in [6, 6.07) is 8.88. The Morgan fingerprint density at radius 3 is 2.30 bits per heavy atom. The van der Waals surface area contributed by atoms with Gasteiger partial charge in [-0.3, -0.25) is 9.48 Å². The van der Waals surface area contributed by atoms with E-state index >= 15 is 0 Å². The lowest BCUT2D eigenvalue weighted by molar-refractivity contribution is -0.121. The molecule has 5 aliphatic rings. The second-order valence-electron chi connectivity index (χ2n) is 17.3. The van der Waals surface area contributed by atoms with Gasteiger partial charge in [0.1, 0.15) is 17.7 Å². The Balaban J connectivity index is 1.09. The largest absolute Gasteiger partial charge is 0.496 e. The molecule has 5 fully saturated rings. The van der Waals surface area contributed by atoms with Crippen LogP contribution < -0.4 is 10.1 Å². The van der Waals surface area contributed by atoms with Gasteiger partial charge in [-0.1, -0.05) is 26.0 Å². The van der Waals surface area contributed by atoms with Gasteiger partial charge in [0, 0.05) is 42.5 Å². The van der Waals surface area contributed by atoms with E-state index in [4.69, 9.17) is 19.6 Å². The number of likely N-dealkylation sites (tertiary alicyclic amines) is 1. The number of benzene rings is 1.